The number of hydrogen-bond donors (Lipinski definition) is 0. The normalized spacial score (nSPS) is 10.8. The summed E-state index contributed by atoms with van der Waals surface area (Å²) in [6, 6.07) is 5.34. The molecule has 0 spiro atoms. The van der Waals surface area contributed by atoms with E-state index in [1.54, 1.807) is 13.0 Å². The van der Waals surface area contributed by atoms with E-state index < -0.39 is 0 Å². The summed E-state index contributed by atoms with van der Waals surface area (Å²) in [5.41, 5.74) is 1.97. The third-order valence-electron chi connectivity index (χ3n) is 1.87. The Labute approximate surface area is 73.4 Å². The largest absolute Gasteiger partial charge is 0.207 e. The Morgan fingerprint density at radius 2 is 2.00 bits per heavy atom. The summed E-state index contributed by atoms with van der Waals surface area (Å²) >= 11 is 0. The minimum atomic E-state index is -0.109. The summed E-state index contributed by atoms with van der Waals surface area (Å²) in [6.45, 7) is 6.14. The highest BCUT2D eigenvalue weighted by Crippen LogP contribution is 2.12. The number of rotatable bonds is 2. The van der Waals surface area contributed by atoms with Crippen molar-refractivity contribution in [1.29, 1.82) is 0 Å². The van der Waals surface area contributed by atoms with Crippen molar-refractivity contribution in [3.05, 3.63) is 35.1 Å². The van der Waals surface area contributed by atoms with E-state index in [0.29, 0.717) is 5.92 Å². The van der Waals surface area contributed by atoms with Crippen molar-refractivity contribution in [3.63, 3.8) is 0 Å². The second-order valence-corrected chi connectivity index (χ2v) is 3.68. The SMILES string of the molecule is Cc1cc(CC(C)C)ccc1F. The molecular weight excluding hydrogens is 151 g/mol. The molecule has 0 saturated carbocycles. The quantitative estimate of drug-likeness (QED) is 0.632. The van der Waals surface area contributed by atoms with Gasteiger partial charge in [0.05, 0.1) is 0 Å². The molecule has 0 atom stereocenters. The summed E-state index contributed by atoms with van der Waals surface area (Å²) in [7, 11) is 0. The van der Waals surface area contributed by atoms with Crippen molar-refractivity contribution < 1.29 is 4.39 Å². The summed E-state index contributed by atoms with van der Waals surface area (Å²) in [4.78, 5) is 0. The second-order valence-electron chi connectivity index (χ2n) is 3.68. The summed E-state index contributed by atoms with van der Waals surface area (Å²) in [5, 5.41) is 0. The monoisotopic (exact) mass is 166 g/mol. The fourth-order valence-electron chi connectivity index (χ4n) is 1.31. The zero-order valence-corrected chi connectivity index (χ0v) is 7.89. The average Bonchev–Trinajstić information content (AvgIpc) is 1.96. The smallest absolute Gasteiger partial charge is 0.126 e. The van der Waals surface area contributed by atoms with Gasteiger partial charge in [0.2, 0.25) is 0 Å². The van der Waals surface area contributed by atoms with E-state index in [2.05, 4.69) is 13.8 Å². The van der Waals surface area contributed by atoms with Crippen LogP contribution in [-0.4, -0.2) is 0 Å². The molecule has 0 nitrogen and oxygen atoms in total. The Morgan fingerprint density at radius 3 is 2.50 bits per heavy atom. The van der Waals surface area contributed by atoms with E-state index in [-0.39, 0.29) is 5.82 Å². The van der Waals surface area contributed by atoms with Crippen molar-refractivity contribution in [2.24, 2.45) is 5.92 Å². The first-order chi connectivity index (χ1) is 5.59. The van der Waals surface area contributed by atoms with E-state index in [1.165, 1.54) is 5.56 Å². The highest BCUT2D eigenvalue weighted by molar-refractivity contribution is 5.24. The third kappa shape index (κ3) is 2.33. The maximum absolute atomic E-state index is 12.8. The molecule has 0 saturated heterocycles. The number of halogens is 1. The van der Waals surface area contributed by atoms with Crippen LogP contribution in [0.2, 0.25) is 0 Å². The van der Waals surface area contributed by atoms with Gasteiger partial charge in [-0.15, -0.1) is 0 Å². The summed E-state index contributed by atoms with van der Waals surface area (Å²) in [6.07, 6.45) is 1.03. The van der Waals surface area contributed by atoms with Crippen molar-refractivity contribution in [2.45, 2.75) is 27.2 Å². The number of hydrogen-bond acceptors (Lipinski definition) is 0. The fraction of sp³-hybridized carbons (Fsp3) is 0.455. The Bertz CT molecular complexity index is 264. The minimum Gasteiger partial charge on any atom is -0.207 e. The van der Waals surface area contributed by atoms with Crippen molar-refractivity contribution >= 4 is 0 Å². The molecule has 0 N–H and O–H groups in total. The maximum Gasteiger partial charge on any atom is 0.126 e. The van der Waals surface area contributed by atoms with E-state index in [1.807, 2.05) is 12.1 Å². The van der Waals surface area contributed by atoms with Gasteiger partial charge in [0.25, 0.3) is 0 Å². The van der Waals surface area contributed by atoms with Crippen molar-refractivity contribution in [2.75, 3.05) is 0 Å². The molecule has 0 aliphatic carbocycles. The first-order valence-corrected chi connectivity index (χ1v) is 4.34. The topological polar surface area (TPSA) is 0 Å². The Kier molecular flexibility index (Phi) is 2.85. The molecule has 1 aromatic rings. The van der Waals surface area contributed by atoms with Crippen LogP contribution in [0.5, 0.6) is 0 Å². The van der Waals surface area contributed by atoms with Gasteiger partial charge in [-0.2, -0.15) is 0 Å². The highest BCUT2D eigenvalue weighted by Gasteiger charge is 2.00. The molecule has 0 heterocycles. The standard InChI is InChI=1S/C11H15F/c1-8(2)6-10-4-5-11(12)9(3)7-10/h4-5,7-8H,6H2,1-3H3. The molecule has 1 aromatic carbocycles. The Balaban J connectivity index is 2.82. The predicted molar refractivity (Wildman–Crippen MR) is 49.7 cm³/mol. The van der Waals surface area contributed by atoms with Crippen LogP contribution in [-0.2, 0) is 6.42 Å². The van der Waals surface area contributed by atoms with Gasteiger partial charge in [-0.1, -0.05) is 26.0 Å². The maximum atomic E-state index is 12.8. The van der Waals surface area contributed by atoms with Crippen LogP contribution in [0, 0.1) is 18.7 Å². The molecule has 1 heteroatoms. The lowest BCUT2D eigenvalue weighted by atomic mass is 10.0. The van der Waals surface area contributed by atoms with Gasteiger partial charge in [-0.25, -0.2) is 4.39 Å². The van der Waals surface area contributed by atoms with Gasteiger partial charge < -0.3 is 0 Å². The van der Waals surface area contributed by atoms with Crippen LogP contribution in [0.15, 0.2) is 18.2 Å². The fourth-order valence-corrected chi connectivity index (χ4v) is 1.31. The van der Waals surface area contributed by atoms with Crippen LogP contribution >= 0.6 is 0 Å². The third-order valence-corrected chi connectivity index (χ3v) is 1.87. The van der Waals surface area contributed by atoms with E-state index in [0.717, 1.165) is 12.0 Å². The number of aryl methyl sites for hydroxylation is 1. The van der Waals surface area contributed by atoms with Crippen molar-refractivity contribution in [3.8, 4) is 0 Å². The van der Waals surface area contributed by atoms with Gasteiger partial charge in [0.1, 0.15) is 5.82 Å². The van der Waals surface area contributed by atoms with Crippen LogP contribution in [0.1, 0.15) is 25.0 Å². The van der Waals surface area contributed by atoms with E-state index in [9.17, 15) is 4.39 Å². The predicted octanol–water partition coefficient (Wildman–Crippen LogP) is 3.33. The molecule has 0 aliphatic heterocycles. The Hall–Kier alpha value is -0.850. The lowest BCUT2D eigenvalue weighted by molar-refractivity contribution is 0.612. The van der Waals surface area contributed by atoms with Crippen LogP contribution in [0.3, 0.4) is 0 Å². The van der Waals surface area contributed by atoms with Gasteiger partial charge in [0, 0.05) is 0 Å². The van der Waals surface area contributed by atoms with Crippen molar-refractivity contribution in [1.82, 2.24) is 0 Å². The lowest BCUT2D eigenvalue weighted by Crippen LogP contribution is -1.95. The molecule has 12 heavy (non-hydrogen) atoms. The van der Waals surface area contributed by atoms with Gasteiger partial charge in [0.15, 0.2) is 0 Å². The zero-order valence-electron chi connectivity index (χ0n) is 7.89. The molecule has 0 unspecified atom stereocenters. The van der Waals surface area contributed by atoms with E-state index in [4.69, 9.17) is 0 Å². The lowest BCUT2D eigenvalue weighted by Gasteiger charge is -2.05. The average molecular weight is 166 g/mol. The molecule has 0 radical (unpaired) electrons. The first-order valence-electron chi connectivity index (χ1n) is 4.34. The zero-order chi connectivity index (χ0) is 9.14. The molecular formula is C11H15F. The Morgan fingerprint density at radius 1 is 1.33 bits per heavy atom. The molecule has 0 aliphatic rings. The van der Waals surface area contributed by atoms with E-state index >= 15 is 0 Å². The molecule has 0 bridgehead atoms. The van der Waals surface area contributed by atoms with Gasteiger partial charge >= 0.3 is 0 Å². The number of benzene rings is 1. The summed E-state index contributed by atoms with van der Waals surface area (Å²) < 4.78 is 12.8. The molecule has 66 valence electrons. The molecule has 0 aromatic heterocycles. The molecule has 1 rings (SSSR count). The molecule has 0 fully saturated rings. The molecule has 0 amide bonds. The van der Waals surface area contributed by atoms with Crippen LogP contribution < -0.4 is 0 Å². The second kappa shape index (κ2) is 3.70. The summed E-state index contributed by atoms with van der Waals surface area (Å²) in [5.74, 6) is 0.525. The van der Waals surface area contributed by atoms with Crippen LogP contribution in [0.25, 0.3) is 0 Å². The van der Waals surface area contributed by atoms with Crippen LogP contribution in [0.4, 0.5) is 4.39 Å². The minimum absolute atomic E-state index is 0.109. The first kappa shape index (κ1) is 9.24. The van der Waals surface area contributed by atoms with Gasteiger partial charge in [-0.3, -0.25) is 0 Å². The van der Waals surface area contributed by atoms with Gasteiger partial charge in [-0.05, 0) is 36.5 Å². The highest BCUT2D eigenvalue weighted by atomic mass is 19.1.